The number of hydrogen-bond donors (Lipinski definition) is 3. The Kier molecular flexibility index (Phi) is 7.10. The summed E-state index contributed by atoms with van der Waals surface area (Å²) in [5, 5.41) is 29.6. The fourth-order valence-electron chi connectivity index (χ4n) is 3.61. The normalized spacial score (nSPS) is 24.0. The van der Waals surface area contributed by atoms with Gasteiger partial charge in [0.1, 0.15) is 0 Å². The van der Waals surface area contributed by atoms with Crippen LogP contribution < -0.4 is 0 Å². The lowest BCUT2D eigenvalue weighted by Crippen LogP contribution is -2.30. The summed E-state index contributed by atoms with van der Waals surface area (Å²) in [5.74, 6) is -0.127. The summed E-state index contributed by atoms with van der Waals surface area (Å²) in [5.41, 5.74) is 2.52. The number of allylic oxidation sites excluding steroid dienone is 2. The average Bonchev–Trinajstić information content (AvgIpc) is 2.42. The molecule has 0 saturated heterocycles. The van der Waals surface area contributed by atoms with Gasteiger partial charge in [0.05, 0.1) is 11.7 Å². The van der Waals surface area contributed by atoms with Crippen LogP contribution in [0.5, 0.6) is 0 Å². The first-order chi connectivity index (χ1) is 10.1. The first-order valence-electron chi connectivity index (χ1n) is 8.79. The van der Waals surface area contributed by atoms with Crippen LogP contribution in [0.2, 0.25) is 0 Å². The summed E-state index contributed by atoms with van der Waals surface area (Å²) in [7, 11) is 0. The van der Waals surface area contributed by atoms with E-state index in [-0.39, 0.29) is 17.9 Å². The van der Waals surface area contributed by atoms with Gasteiger partial charge in [0.2, 0.25) is 0 Å². The molecule has 0 saturated carbocycles. The molecule has 0 aliphatic heterocycles. The Balaban J connectivity index is 2.54. The summed E-state index contributed by atoms with van der Waals surface area (Å²) in [6.07, 6.45) is 5.94. The van der Waals surface area contributed by atoms with E-state index in [0.717, 1.165) is 12.8 Å². The lowest BCUT2D eigenvalue weighted by molar-refractivity contribution is 0.00788. The van der Waals surface area contributed by atoms with Crippen molar-refractivity contribution in [3.8, 4) is 0 Å². The summed E-state index contributed by atoms with van der Waals surface area (Å²) < 4.78 is 0. The van der Waals surface area contributed by atoms with Gasteiger partial charge < -0.3 is 15.3 Å². The number of hydrogen-bond acceptors (Lipinski definition) is 3. The molecule has 3 N–H and O–H groups in total. The Hall–Kier alpha value is -0.380. The summed E-state index contributed by atoms with van der Waals surface area (Å²) in [6.45, 7) is 10.5. The third-order valence-corrected chi connectivity index (χ3v) is 5.52. The molecule has 3 nitrogen and oxygen atoms in total. The van der Waals surface area contributed by atoms with Crippen LogP contribution >= 0.6 is 0 Å². The molecule has 0 spiro atoms. The Morgan fingerprint density at radius 2 is 1.91 bits per heavy atom. The molecule has 1 rings (SSSR count). The van der Waals surface area contributed by atoms with Crippen molar-refractivity contribution in [2.75, 3.05) is 6.61 Å². The molecule has 3 heteroatoms. The van der Waals surface area contributed by atoms with Crippen LogP contribution in [0.1, 0.15) is 79.6 Å². The molecule has 0 fully saturated rings. The van der Waals surface area contributed by atoms with Crippen molar-refractivity contribution < 1.29 is 15.3 Å². The quantitative estimate of drug-likeness (QED) is 0.597. The molecule has 0 aromatic heterocycles. The molecule has 0 bridgehead atoms. The molecule has 0 aromatic rings. The summed E-state index contributed by atoms with van der Waals surface area (Å²) in [6, 6.07) is 0. The van der Waals surface area contributed by atoms with Gasteiger partial charge in [0, 0.05) is 12.5 Å². The minimum atomic E-state index is -0.753. The largest absolute Gasteiger partial charge is 0.396 e. The molecule has 130 valence electrons. The predicted octanol–water partition coefficient (Wildman–Crippen LogP) is 3.81. The molecule has 1 aliphatic carbocycles. The average molecular weight is 312 g/mol. The van der Waals surface area contributed by atoms with Crippen molar-refractivity contribution >= 4 is 0 Å². The highest BCUT2D eigenvalue weighted by Crippen LogP contribution is 2.43. The zero-order valence-corrected chi connectivity index (χ0v) is 15.2. The van der Waals surface area contributed by atoms with E-state index in [2.05, 4.69) is 20.8 Å². The van der Waals surface area contributed by atoms with Crippen LogP contribution in [0.3, 0.4) is 0 Å². The smallest absolute Gasteiger partial charge is 0.0623 e. The van der Waals surface area contributed by atoms with Gasteiger partial charge in [-0.05, 0) is 64.2 Å². The van der Waals surface area contributed by atoms with Gasteiger partial charge in [-0.15, -0.1) is 0 Å². The third-order valence-electron chi connectivity index (χ3n) is 5.52. The van der Waals surface area contributed by atoms with E-state index in [0.29, 0.717) is 12.8 Å². The first-order valence-corrected chi connectivity index (χ1v) is 8.79. The molecule has 0 radical (unpaired) electrons. The highest BCUT2D eigenvalue weighted by Gasteiger charge is 2.30. The van der Waals surface area contributed by atoms with Crippen LogP contribution in [-0.4, -0.2) is 33.6 Å². The van der Waals surface area contributed by atoms with Gasteiger partial charge in [0.25, 0.3) is 0 Å². The summed E-state index contributed by atoms with van der Waals surface area (Å²) >= 11 is 0. The SMILES string of the molecule is CC1=C(CC[C@](C)(O)CC[C@H](O)C(C)CO)C(C)(C)CCC1. The second-order valence-corrected chi connectivity index (χ2v) is 8.26. The lowest BCUT2D eigenvalue weighted by Gasteiger charge is -2.36. The standard InChI is InChI=1S/C19H36O3/c1-14-7-6-10-18(3,4)16(14)8-11-19(5,22)12-9-17(21)15(2)13-20/h15,17,20-22H,6-13H2,1-5H3/t15?,17-,19-/m0/s1. The monoisotopic (exact) mass is 312 g/mol. The van der Waals surface area contributed by atoms with Crippen LogP contribution in [0.4, 0.5) is 0 Å². The summed E-state index contributed by atoms with van der Waals surface area (Å²) in [4.78, 5) is 0. The van der Waals surface area contributed by atoms with Crippen LogP contribution in [0.15, 0.2) is 11.1 Å². The second kappa shape index (κ2) is 7.94. The maximum atomic E-state index is 10.6. The van der Waals surface area contributed by atoms with Crippen molar-refractivity contribution in [3.63, 3.8) is 0 Å². The van der Waals surface area contributed by atoms with E-state index in [4.69, 9.17) is 5.11 Å². The molecular formula is C19H36O3. The maximum Gasteiger partial charge on any atom is 0.0623 e. The van der Waals surface area contributed by atoms with Crippen LogP contribution in [0.25, 0.3) is 0 Å². The Bertz CT molecular complexity index is 382. The van der Waals surface area contributed by atoms with Gasteiger partial charge >= 0.3 is 0 Å². The zero-order chi connectivity index (χ0) is 17.0. The maximum absolute atomic E-state index is 10.6. The molecule has 22 heavy (non-hydrogen) atoms. The molecule has 3 atom stereocenters. The topological polar surface area (TPSA) is 60.7 Å². The molecule has 1 unspecified atom stereocenters. The minimum Gasteiger partial charge on any atom is -0.396 e. The van der Waals surface area contributed by atoms with Crippen molar-refractivity contribution in [3.05, 3.63) is 11.1 Å². The number of aliphatic hydroxyl groups is 3. The van der Waals surface area contributed by atoms with Gasteiger partial charge in [-0.2, -0.15) is 0 Å². The van der Waals surface area contributed by atoms with E-state index >= 15 is 0 Å². The molecule has 0 amide bonds. The van der Waals surface area contributed by atoms with Crippen molar-refractivity contribution in [1.82, 2.24) is 0 Å². The second-order valence-electron chi connectivity index (χ2n) is 8.26. The highest BCUT2D eigenvalue weighted by atomic mass is 16.3. The minimum absolute atomic E-state index is 0.0103. The Labute approximate surface area is 136 Å². The van der Waals surface area contributed by atoms with Gasteiger partial charge in [-0.1, -0.05) is 31.9 Å². The van der Waals surface area contributed by atoms with E-state index in [1.807, 2.05) is 13.8 Å². The lowest BCUT2D eigenvalue weighted by atomic mass is 9.70. The molecule has 0 aromatic carbocycles. The van der Waals surface area contributed by atoms with Crippen molar-refractivity contribution in [2.24, 2.45) is 11.3 Å². The Morgan fingerprint density at radius 3 is 2.45 bits per heavy atom. The van der Waals surface area contributed by atoms with Gasteiger partial charge in [-0.3, -0.25) is 0 Å². The van der Waals surface area contributed by atoms with E-state index in [9.17, 15) is 10.2 Å². The zero-order valence-electron chi connectivity index (χ0n) is 15.2. The molecule has 0 heterocycles. The fourth-order valence-corrected chi connectivity index (χ4v) is 3.61. The van der Waals surface area contributed by atoms with Crippen molar-refractivity contribution in [1.29, 1.82) is 0 Å². The van der Waals surface area contributed by atoms with Crippen molar-refractivity contribution in [2.45, 2.75) is 91.3 Å². The van der Waals surface area contributed by atoms with E-state index < -0.39 is 11.7 Å². The fraction of sp³-hybridized carbons (Fsp3) is 0.895. The van der Waals surface area contributed by atoms with Crippen LogP contribution in [0, 0.1) is 11.3 Å². The Morgan fingerprint density at radius 1 is 1.27 bits per heavy atom. The number of rotatable bonds is 8. The first kappa shape index (κ1) is 19.7. The highest BCUT2D eigenvalue weighted by molar-refractivity contribution is 5.22. The van der Waals surface area contributed by atoms with Gasteiger partial charge in [0.15, 0.2) is 0 Å². The number of aliphatic hydroxyl groups excluding tert-OH is 2. The van der Waals surface area contributed by atoms with Crippen LogP contribution in [-0.2, 0) is 0 Å². The van der Waals surface area contributed by atoms with E-state index in [1.165, 1.54) is 30.4 Å². The third kappa shape index (κ3) is 5.68. The molecular weight excluding hydrogens is 276 g/mol. The molecule has 1 aliphatic rings. The van der Waals surface area contributed by atoms with Gasteiger partial charge in [-0.25, -0.2) is 0 Å². The van der Waals surface area contributed by atoms with E-state index in [1.54, 1.807) is 0 Å². The predicted molar refractivity (Wildman–Crippen MR) is 91.7 cm³/mol.